The van der Waals surface area contributed by atoms with E-state index in [1.165, 1.54) is 6.42 Å². The molecule has 1 aliphatic rings. The predicted molar refractivity (Wildman–Crippen MR) is 79.6 cm³/mol. The summed E-state index contributed by atoms with van der Waals surface area (Å²) in [6, 6.07) is 2.05. The molecule has 0 radical (unpaired) electrons. The average molecular weight is 280 g/mol. The van der Waals surface area contributed by atoms with Crippen molar-refractivity contribution in [2.45, 2.75) is 64.6 Å². The number of ether oxygens (including phenoxy) is 1. The Hall–Kier alpha value is -0.870. The predicted octanol–water partition coefficient (Wildman–Crippen LogP) is 2.62. The molecule has 0 aliphatic heterocycles. The number of aliphatic hydroxyl groups excluding tert-OH is 1. The maximum Gasteiger partial charge on any atom is 0.0946 e. The largest absolute Gasteiger partial charge is 0.390 e. The van der Waals surface area contributed by atoms with Gasteiger partial charge in [0.15, 0.2) is 0 Å². The molecule has 0 aromatic carbocycles. The second-order valence-corrected chi connectivity index (χ2v) is 6.32. The molecule has 3 atom stereocenters. The van der Waals surface area contributed by atoms with Gasteiger partial charge in [-0.05, 0) is 38.7 Å². The van der Waals surface area contributed by atoms with Crippen molar-refractivity contribution in [1.29, 1.82) is 0 Å². The molecule has 4 nitrogen and oxygen atoms in total. The highest BCUT2D eigenvalue weighted by Crippen LogP contribution is 2.38. The average Bonchev–Trinajstić information content (AvgIpc) is 2.68. The van der Waals surface area contributed by atoms with Crippen LogP contribution in [0.1, 0.15) is 50.9 Å². The van der Waals surface area contributed by atoms with Gasteiger partial charge in [0, 0.05) is 25.8 Å². The molecule has 1 aromatic rings. The van der Waals surface area contributed by atoms with Crippen molar-refractivity contribution in [3.63, 3.8) is 0 Å². The first-order valence-corrected chi connectivity index (χ1v) is 7.78. The van der Waals surface area contributed by atoms with E-state index >= 15 is 0 Å². The first-order chi connectivity index (χ1) is 9.47. The van der Waals surface area contributed by atoms with Gasteiger partial charge in [-0.15, -0.1) is 0 Å². The minimum absolute atomic E-state index is 0.370. The van der Waals surface area contributed by atoms with Gasteiger partial charge >= 0.3 is 0 Å². The molecule has 3 unspecified atom stereocenters. The smallest absolute Gasteiger partial charge is 0.0946 e. The normalized spacial score (nSPS) is 28.6. The summed E-state index contributed by atoms with van der Waals surface area (Å²) in [5.41, 5.74) is 1.70. The van der Waals surface area contributed by atoms with E-state index < -0.39 is 6.10 Å². The lowest BCUT2D eigenvalue weighted by Crippen LogP contribution is -2.49. The number of rotatable bonds is 5. The van der Waals surface area contributed by atoms with Gasteiger partial charge in [-0.1, -0.05) is 19.8 Å². The lowest BCUT2D eigenvalue weighted by atomic mass is 9.74. The van der Waals surface area contributed by atoms with Crippen molar-refractivity contribution < 1.29 is 9.84 Å². The molecule has 1 aliphatic carbocycles. The Labute approximate surface area is 122 Å². The molecule has 0 amide bonds. The minimum atomic E-state index is -0.458. The van der Waals surface area contributed by atoms with E-state index in [-0.39, 0.29) is 5.60 Å². The standard InChI is InChI=1S/C16H28N2O2/c1-5-20-16(8-6-7-12(2)11-16)15(19)10-14-9-13(3)17-18(14)4/h9,12,15,19H,5-8,10-11H2,1-4H3. The molecular formula is C16H28N2O2. The van der Waals surface area contributed by atoms with Crippen molar-refractivity contribution in [2.24, 2.45) is 13.0 Å². The number of nitrogens with zero attached hydrogens (tertiary/aromatic N) is 2. The third-order valence-corrected chi connectivity index (χ3v) is 4.53. The number of aryl methyl sites for hydroxylation is 2. The van der Waals surface area contributed by atoms with Crippen LogP contribution < -0.4 is 0 Å². The number of aromatic nitrogens is 2. The van der Waals surface area contributed by atoms with Crippen LogP contribution in [0, 0.1) is 12.8 Å². The van der Waals surface area contributed by atoms with Crippen LogP contribution in [0.5, 0.6) is 0 Å². The van der Waals surface area contributed by atoms with Crippen molar-refractivity contribution in [3.05, 3.63) is 17.5 Å². The summed E-state index contributed by atoms with van der Waals surface area (Å²) in [5.74, 6) is 0.623. The van der Waals surface area contributed by atoms with E-state index in [9.17, 15) is 5.11 Å². The Morgan fingerprint density at radius 1 is 1.60 bits per heavy atom. The third kappa shape index (κ3) is 3.23. The molecule has 1 heterocycles. The summed E-state index contributed by atoms with van der Waals surface area (Å²) in [6.45, 7) is 6.92. The molecule has 1 fully saturated rings. The maximum atomic E-state index is 10.8. The summed E-state index contributed by atoms with van der Waals surface area (Å²) < 4.78 is 7.91. The molecule has 2 rings (SSSR count). The van der Waals surface area contributed by atoms with E-state index in [1.54, 1.807) is 0 Å². The molecule has 1 aromatic heterocycles. The van der Waals surface area contributed by atoms with Gasteiger partial charge in [0.2, 0.25) is 0 Å². The van der Waals surface area contributed by atoms with Crippen LogP contribution in [-0.2, 0) is 18.2 Å². The summed E-state index contributed by atoms with van der Waals surface area (Å²) in [6.07, 6.45) is 4.46. The summed E-state index contributed by atoms with van der Waals surface area (Å²) in [4.78, 5) is 0. The van der Waals surface area contributed by atoms with Gasteiger partial charge in [0.05, 0.1) is 17.4 Å². The zero-order valence-electron chi connectivity index (χ0n) is 13.2. The van der Waals surface area contributed by atoms with Crippen molar-refractivity contribution in [1.82, 2.24) is 9.78 Å². The highest BCUT2D eigenvalue weighted by molar-refractivity contribution is 5.11. The SMILES string of the molecule is CCOC1(C(O)Cc2cc(C)nn2C)CCCC(C)C1. The minimum Gasteiger partial charge on any atom is -0.390 e. The van der Waals surface area contributed by atoms with E-state index in [2.05, 4.69) is 18.1 Å². The molecule has 114 valence electrons. The monoisotopic (exact) mass is 280 g/mol. The molecule has 0 bridgehead atoms. The molecule has 0 saturated heterocycles. The Balaban J connectivity index is 2.14. The summed E-state index contributed by atoms with van der Waals surface area (Å²) in [5, 5.41) is 15.2. The van der Waals surface area contributed by atoms with Crippen LogP contribution in [0.3, 0.4) is 0 Å². The number of hydrogen-bond acceptors (Lipinski definition) is 3. The molecular weight excluding hydrogens is 252 g/mol. The molecule has 1 saturated carbocycles. The van der Waals surface area contributed by atoms with E-state index in [0.29, 0.717) is 18.9 Å². The first-order valence-electron chi connectivity index (χ1n) is 7.78. The molecule has 4 heteroatoms. The second-order valence-electron chi connectivity index (χ2n) is 6.32. The van der Waals surface area contributed by atoms with Gasteiger partial charge in [0.25, 0.3) is 0 Å². The van der Waals surface area contributed by atoms with Crippen LogP contribution >= 0.6 is 0 Å². The van der Waals surface area contributed by atoms with Crippen LogP contribution in [0.25, 0.3) is 0 Å². The Bertz CT molecular complexity index is 440. The van der Waals surface area contributed by atoms with Gasteiger partial charge in [-0.3, -0.25) is 4.68 Å². The fourth-order valence-corrected chi connectivity index (χ4v) is 3.60. The fraction of sp³-hybridized carbons (Fsp3) is 0.812. The third-order valence-electron chi connectivity index (χ3n) is 4.53. The van der Waals surface area contributed by atoms with E-state index in [1.807, 2.05) is 25.6 Å². The van der Waals surface area contributed by atoms with Gasteiger partial charge in [0.1, 0.15) is 0 Å². The summed E-state index contributed by atoms with van der Waals surface area (Å²) in [7, 11) is 1.94. The van der Waals surface area contributed by atoms with E-state index in [0.717, 1.165) is 30.7 Å². The number of aliphatic hydroxyl groups is 1. The Kier molecular flexibility index (Phi) is 4.86. The fourth-order valence-electron chi connectivity index (χ4n) is 3.60. The summed E-state index contributed by atoms with van der Waals surface area (Å²) >= 11 is 0. The van der Waals surface area contributed by atoms with Gasteiger partial charge < -0.3 is 9.84 Å². The van der Waals surface area contributed by atoms with E-state index in [4.69, 9.17) is 4.74 Å². The molecule has 1 N–H and O–H groups in total. The topological polar surface area (TPSA) is 47.3 Å². The zero-order valence-corrected chi connectivity index (χ0v) is 13.2. The van der Waals surface area contributed by atoms with Crippen molar-refractivity contribution >= 4 is 0 Å². The van der Waals surface area contributed by atoms with Gasteiger partial charge in [-0.2, -0.15) is 5.10 Å². The Morgan fingerprint density at radius 2 is 2.35 bits per heavy atom. The molecule has 20 heavy (non-hydrogen) atoms. The van der Waals surface area contributed by atoms with Crippen molar-refractivity contribution in [2.75, 3.05) is 6.61 Å². The zero-order chi connectivity index (χ0) is 14.8. The van der Waals surface area contributed by atoms with Crippen LogP contribution in [-0.4, -0.2) is 33.2 Å². The Morgan fingerprint density at radius 3 is 2.90 bits per heavy atom. The van der Waals surface area contributed by atoms with Crippen LogP contribution in [0.15, 0.2) is 6.07 Å². The van der Waals surface area contributed by atoms with Crippen LogP contribution in [0.4, 0.5) is 0 Å². The number of hydrogen-bond donors (Lipinski definition) is 1. The highest BCUT2D eigenvalue weighted by Gasteiger charge is 2.42. The second kappa shape index (κ2) is 6.27. The van der Waals surface area contributed by atoms with Gasteiger partial charge in [-0.25, -0.2) is 0 Å². The molecule has 0 spiro atoms. The van der Waals surface area contributed by atoms with Crippen LogP contribution in [0.2, 0.25) is 0 Å². The quantitative estimate of drug-likeness (QED) is 0.902. The van der Waals surface area contributed by atoms with Crippen molar-refractivity contribution in [3.8, 4) is 0 Å². The lowest BCUT2D eigenvalue weighted by Gasteiger charge is -2.43. The highest BCUT2D eigenvalue weighted by atomic mass is 16.5. The lowest BCUT2D eigenvalue weighted by molar-refractivity contribution is -0.147. The maximum absolute atomic E-state index is 10.8. The first kappa shape index (κ1) is 15.5.